The summed E-state index contributed by atoms with van der Waals surface area (Å²) in [4.78, 5) is 28.5. The predicted octanol–water partition coefficient (Wildman–Crippen LogP) is 5.54. The SMILES string of the molecule is O=C(O)c1ccccc1C(=O)Nc1ccc2nc(SCc3ccccc3)sc2c1. The maximum Gasteiger partial charge on any atom is 0.336 e. The Balaban J connectivity index is 1.50. The molecule has 0 aliphatic rings. The number of amides is 1. The van der Waals surface area contributed by atoms with Gasteiger partial charge in [-0.3, -0.25) is 4.79 Å². The van der Waals surface area contributed by atoms with Gasteiger partial charge in [0.05, 0.1) is 21.3 Å². The molecule has 0 fully saturated rings. The van der Waals surface area contributed by atoms with E-state index in [0.29, 0.717) is 5.69 Å². The molecule has 144 valence electrons. The Labute approximate surface area is 175 Å². The van der Waals surface area contributed by atoms with Crippen LogP contribution in [0.2, 0.25) is 0 Å². The maximum atomic E-state index is 12.5. The van der Waals surface area contributed by atoms with Crippen LogP contribution >= 0.6 is 23.1 Å². The first-order valence-electron chi connectivity index (χ1n) is 8.81. The number of aromatic nitrogens is 1. The Hall–Kier alpha value is -3.16. The van der Waals surface area contributed by atoms with Crippen molar-refractivity contribution in [1.82, 2.24) is 4.98 Å². The molecule has 0 spiro atoms. The van der Waals surface area contributed by atoms with Crippen molar-refractivity contribution >= 4 is 50.9 Å². The summed E-state index contributed by atoms with van der Waals surface area (Å²) in [6.45, 7) is 0. The number of carbonyl (C=O) groups is 2. The zero-order valence-electron chi connectivity index (χ0n) is 15.2. The second kappa shape index (κ2) is 8.46. The van der Waals surface area contributed by atoms with Gasteiger partial charge in [0, 0.05) is 11.4 Å². The van der Waals surface area contributed by atoms with Crippen LogP contribution in [0.3, 0.4) is 0 Å². The first-order valence-corrected chi connectivity index (χ1v) is 10.6. The van der Waals surface area contributed by atoms with Crippen molar-refractivity contribution in [3.05, 3.63) is 89.5 Å². The molecule has 7 heteroatoms. The lowest BCUT2D eigenvalue weighted by atomic mass is 10.1. The summed E-state index contributed by atoms with van der Waals surface area (Å²) < 4.78 is 1.92. The number of nitrogens with one attached hydrogen (secondary N) is 1. The summed E-state index contributed by atoms with van der Waals surface area (Å²) in [6, 6.07) is 21.9. The van der Waals surface area contributed by atoms with Crippen LogP contribution in [0.1, 0.15) is 26.3 Å². The molecule has 5 nitrogen and oxygen atoms in total. The number of benzene rings is 3. The molecule has 0 saturated heterocycles. The number of thiazole rings is 1. The van der Waals surface area contributed by atoms with Crippen molar-refractivity contribution in [2.45, 2.75) is 10.1 Å². The molecule has 0 aliphatic carbocycles. The van der Waals surface area contributed by atoms with Crippen molar-refractivity contribution in [1.29, 1.82) is 0 Å². The Morgan fingerprint density at radius 1 is 0.966 bits per heavy atom. The van der Waals surface area contributed by atoms with Gasteiger partial charge in [0.25, 0.3) is 5.91 Å². The van der Waals surface area contributed by atoms with Gasteiger partial charge in [-0.25, -0.2) is 9.78 Å². The fraction of sp³-hybridized carbons (Fsp3) is 0.0455. The zero-order valence-corrected chi connectivity index (χ0v) is 16.8. The van der Waals surface area contributed by atoms with E-state index in [1.165, 1.54) is 17.7 Å². The highest BCUT2D eigenvalue weighted by Crippen LogP contribution is 2.33. The number of carboxylic acids is 1. The summed E-state index contributed by atoms with van der Waals surface area (Å²) in [5, 5.41) is 12.1. The maximum absolute atomic E-state index is 12.5. The number of rotatable bonds is 6. The van der Waals surface area contributed by atoms with Gasteiger partial charge in [-0.1, -0.05) is 54.2 Å². The molecule has 0 saturated carbocycles. The van der Waals surface area contributed by atoms with Crippen LogP contribution < -0.4 is 5.32 Å². The van der Waals surface area contributed by atoms with E-state index in [9.17, 15) is 14.7 Å². The summed E-state index contributed by atoms with van der Waals surface area (Å²) in [7, 11) is 0. The third-order valence-corrected chi connectivity index (χ3v) is 6.47. The van der Waals surface area contributed by atoms with E-state index in [1.54, 1.807) is 41.3 Å². The number of thioether (sulfide) groups is 1. The van der Waals surface area contributed by atoms with Gasteiger partial charge in [-0.05, 0) is 35.9 Å². The summed E-state index contributed by atoms with van der Waals surface area (Å²) in [5.41, 5.74) is 2.81. The Bertz CT molecular complexity index is 1190. The van der Waals surface area contributed by atoms with E-state index >= 15 is 0 Å². The minimum atomic E-state index is -1.13. The normalized spacial score (nSPS) is 10.8. The van der Waals surface area contributed by atoms with E-state index in [4.69, 9.17) is 0 Å². The van der Waals surface area contributed by atoms with Gasteiger partial charge in [-0.15, -0.1) is 11.3 Å². The zero-order chi connectivity index (χ0) is 20.2. The fourth-order valence-corrected chi connectivity index (χ4v) is 4.89. The third kappa shape index (κ3) is 4.47. The number of fused-ring (bicyclic) bond motifs is 1. The van der Waals surface area contributed by atoms with Gasteiger partial charge in [0.15, 0.2) is 4.34 Å². The molecule has 1 amide bonds. The van der Waals surface area contributed by atoms with Crippen molar-refractivity contribution in [3.63, 3.8) is 0 Å². The summed E-state index contributed by atoms with van der Waals surface area (Å²) >= 11 is 3.24. The Kier molecular flexibility index (Phi) is 5.59. The van der Waals surface area contributed by atoms with E-state index in [1.807, 2.05) is 30.3 Å². The molecule has 4 aromatic rings. The molecular formula is C22H16N2O3S2. The van der Waals surface area contributed by atoms with Crippen LogP contribution in [0, 0.1) is 0 Å². The first kappa shape index (κ1) is 19.2. The summed E-state index contributed by atoms with van der Waals surface area (Å²) in [5.74, 6) is -0.741. The highest BCUT2D eigenvalue weighted by molar-refractivity contribution is 8.00. The van der Waals surface area contributed by atoms with Crippen molar-refractivity contribution in [2.24, 2.45) is 0 Å². The average molecular weight is 421 g/mol. The molecule has 4 rings (SSSR count). The number of hydrogen-bond donors (Lipinski definition) is 2. The number of aromatic carboxylic acids is 1. The lowest BCUT2D eigenvalue weighted by Crippen LogP contribution is -2.16. The van der Waals surface area contributed by atoms with Gasteiger partial charge in [0.1, 0.15) is 0 Å². The fourth-order valence-electron chi connectivity index (χ4n) is 2.83. The predicted molar refractivity (Wildman–Crippen MR) is 117 cm³/mol. The van der Waals surface area contributed by atoms with E-state index in [0.717, 1.165) is 20.3 Å². The third-order valence-electron chi connectivity index (χ3n) is 4.23. The van der Waals surface area contributed by atoms with Crippen LogP contribution in [-0.2, 0) is 5.75 Å². The smallest absolute Gasteiger partial charge is 0.336 e. The number of carbonyl (C=O) groups excluding carboxylic acids is 1. The van der Waals surface area contributed by atoms with Crippen molar-refractivity contribution in [2.75, 3.05) is 5.32 Å². The Morgan fingerprint density at radius 2 is 1.69 bits per heavy atom. The van der Waals surface area contributed by atoms with Crippen LogP contribution in [-0.4, -0.2) is 22.0 Å². The average Bonchev–Trinajstić information content (AvgIpc) is 3.15. The van der Waals surface area contributed by atoms with Crippen molar-refractivity contribution in [3.8, 4) is 0 Å². The van der Waals surface area contributed by atoms with Gasteiger partial charge < -0.3 is 10.4 Å². The molecule has 0 atom stereocenters. The summed E-state index contributed by atoms with van der Waals surface area (Å²) in [6.07, 6.45) is 0. The van der Waals surface area contributed by atoms with Crippen LogP contribution in [0.25, 0.3) is 10.2 Å². The van der Waals surface area contributed by atoms with E-state index in [2.05, 4.69) is 22.4 Å². The quantitative estimate of drug-likeness (QED) is 0.401. The van der Waals surface area contributed by atoms with E-state index < -0.39 is 11.9 Å². The lowest BCUT2D eigenvalue weighted by molar-refractivity contribution is 0.0692. The highest BCUT2D eigenvalue weighted by Gasteiger charge is 2.16. The molecule has 0 bridgehead atoms. The molecule has 29 heavy (non-hydrogen) atoms. The van der Waals surface area contributed by atoms with Crippen LogP contribution in [0.4, 0.5) is 5.69 Å². The second-order valence-electron chi connectivity index (χ2n) is 6.24. The standard InChI is InChI=1S/C22H16N2O3S2/c25-20(16-8-4-5-9-17(16)21(26)27)23-15-10-11-18-19(12-15)29-22(24-18)28-13-14-6-2-1-3-7-14/h1-12H,13H2,(H,23,25)(H,26,27). The minimum Gasteiger partial charge on any atom is -0.478 e. The Morgan fingerprint density at radius 3 is 2.45 bits per heavy atom. The molecule has 2 N–H and O–H groups in total. The number of carboxylic acid groups (broad SMARTS) is 1. The molecular weight excluding hydrogens is 404 g/mol. The molecule has 0 aliphatic heterocycles. The molecule has 3 aromatic carbocycles. The largest absolute Gasteiger partial charge is 0.478 e. The number of hydrogen-bond acceptors (Lipinski definition) is 5. The molecule has 0 radical (unpaired) electrons. The molecule has 0 unspecified atom stereocenters. The minimum absolute atomic E-state index is 0.0246. The topological polar surface area (TPSA) is 79.3 Å². The second-order valence-corrected chi connectivity index (χ2v) is 8.49. The number of anilines is 1. The van der Waals surface area contributed by atoms with Gasteiger partial charge >= 0.3 is 5.97 Å². The molecule has 1 heterocycles. The number of nitrogens with zero attached hydrogens (tertiary/aromatic N) is 1. The highest BCUT2D eigenvalue weighted by atomic mass is 32.2. The van der Waals surface area contributed by atoms with Gasteiger partial charge in [0.2, 0.25) is 0 Å². The monoisotopic (exact) mass is 420 g/mol. The van der Waals surface area contributed by atoms with E-state index in [-0.39, 0.29) is 11.1 Å². The van der Waals surface area contributed by atoms with Crippen molar-refractivity contribution < 1.29 is 14.7 Å². The lowest BCUT2D eigenvalue weighted by Gasteiger charge is -2.07. The van der Waals surface area contributed by atoms with Crippen LogP contribution in [0.5, 0.6) is 0 Å². The molecule has 1 aromatic heterocycles. The van der Waals surface area contributed by atoms with Crippen LogP contribution in [0.15, 0.2) is 77.1 Å². The first-order chi connectivity index (χ1) is 14.1. The van der Waals surface area contributed by atoms with Gasteiger partial charge in [-0.2, -0.15) is 0 Å².